The Morgan fingerprint density at radius 3 is 1.82 bits per heavy atom. The highest BCUT2D eigenvalue weighted by molar-refractivity contribution is 5.94. The van der Waals surface area contributed by atoms with Crippen LogP contribution in [-0.2, 0) is 12.4 Å². The summed E-state index contributed by atoms with van der Waals surface area (Å²) in [7, 11) is 0. The van der Waals surface area contributed by atoms with Crippen LogP contribution >= 0.6 is 12.4 Å². The third-order valence-electron chi connectivity index (χ3n) is 2.58. The molecular formula is C12H13ClF6N2O. The van der Waals surface area contributed by atoms with Gasteiger partial charge in [-0.05, 0) is 25.1 Å². The van der Waals surface area contributed by atoms with Crippen LogP contribution in [0.3, 0.4) is 0 Å². The summed E-state index contributed by atoms with van der Waals surface area (Å²) in [5.41, 5.74) is 1.42. The highest BCUT2D eigenvalue weighted by Crippen LogP contribution is 2.36. The van der Waals surface area contributed by atoms with Crippen molar-refractivity contribution in [2.45, 2.75) is 25.3 Å². The van der Waals surface area contributed by atoms with Gasteiger partial charge in [0.15, 0.2) is 0 Å². The van der Waals surface area contributed by atoms with Crippen molar-refractivity contribution in [1.29, 1.82) is 0 Å². The summed E-state index contributed by atoms with van der Waals surface area (Å²) in [6.45, 7) is 1.47. The van der Waals surface area contributed by atoms with Crippen LogP contribution < -0.4 is 11.1 Å². The van der Waals surface area contributed by atoms with E-state index in [1.54, 1.807) is 0 Å². The molecule has 0 bridgehead atoms. The van der Waals surface area contributed by atoms with Crippen molar-refractivity contribution in [2.24, 2.45) is 5.73 Å². The van der Waals surface area contributed by atoms with Crippen molar-refractivity contribution in [3.05, 3.63) is 34.9 Å². The molecule has 0 aromatic heterocycles. The first kappa shape index (κ1) is 20.5. The van der Waals surface area contributed by atoms with Crippen LogP contribution in [-0.4, -0.2) is 18.5 Å². The van der Waals surface area contributed by atoms with E-state index in [-0.39, 0.29) is 25.0 Å². The van der Waals surface area contributed by atoms with Gasteiger partial charge in [0, 0.05) is 18.2 Å². The zero-order chi connectivity index (χ0) is 16.4. The Morgan fingerprint density at radius 2 is 1.50 bits per heavy atom. The van der Waals surface area contributed by atoms with Crippen LogP contribution in [0.15, 0.2) is 18.2 Å². The molecule has 0 aliphatic carbocycles. The molecule has 0 heterocycles. The van der Waals surface area contributed by atoms with E-state index in [9.17, 15) is 31.1 Å². The molecule has 3 nitrogen and oxygen atoms in total. The van der Waals surface area contributed by atoms with Gasteiger partial charge in [0.25, 0.3) is 5.91 Å². The third-order valence-corrected chi connectivity index (χ3v) is 2.58. The third kappa shape index (κ3) is 5.38. The van der Waals surface area contributed by atoms with E-state index in [1.807, 2.05) is 0 Å². The molecule has 1 rings (SSSR count). The molecule has 0 radical (unpaired) electrons. The van der Waals surface area contributed by atoms with E-state index in [2.05, 4.69) is 5.32 Å². The molecule has 0 aliphatic heterocycles. The van der Waals surface area contributed by atoms with E-state index < -0.39 is 41.0 Å². The molecule has 0 aliphatic rings. The number of hydrogen-bond donors (Lipinski definition) is 2. The van der Waals surface area contributed by atoms with E-state index in [4.69, 9.17) is 5.73 Å². The maximum absolute atomic E-state index is 12.6. The summed E-state index contributed by atoms with van der Waals surface area (Å²) in [6.07, 6.45) is -9.98. The van der Waals surface area contributed by atoms with Gasteiger partial charge >= 0.3 is 12.4 Å². The Bertz CT molecular complexity index is 497. The highest BCUT2D eigenvalue weighted by Gasteiger charge is 2.37. The standard InChI is InChI=1S/C12H12F6N2O.ClH/c1-6(5-19)20-10(21)7-2-8(11(13,14)15)4-9(3-7)12(16,17)18;/h2-4,6H,5,19H2,1H3,(H,20,21);1H/t6-;/m0./s1. The van der Waals surface area contributed by atoms with Crippen LogP contribution in [0.2, 0.25) is 0 Å². The molecule has 0 fully saturated rings. The number of benzene rings is 1. The number of hydrogen-bond acceptors (Lipinski definition) is 2. The average Bonchev–Trinajstić information content (AvgIpc) is 2.35. The smallest absolute Gasteiger partial charge is 0.348 e. The lowest BCUT2D eigenvalue weighted by Crippen LogP contribution is -2.38. The summed E-state index contributed by atoms with van der Waals surface area (Å²) in [4.78, 5) is 11.7. The van der Waals surface area contributed by atoms with Gasteiger partial charge in [-0.3, -0.25) is 4.79 Å². The summed E-state index contributed by atoms with van der Waals surface area (Å²) < 4.78 is 75.7. The molecule has 0 saturated carbocycles. The minimum absolute atomic E-state index is 0. The Balaban J connectivity index is 0.00000441. The van der Waals surface area contributed by atoms with Crippen LogP contribution in [0.1, 0.15) is 28.4 Å². The molecule has 1 aromatic rings. The number of nitrogens with one attached hydrogen (secondary N) is 1. The van der Waals surface area contributed by atoms with Gasteiger partial charge in [0.2, 0.25) is 0 Å². The summed E-state index contributed by atoms with van der Waals surface area (Å²) in [5, 5.41) is 2.20. The van der Waals surface area contributed by atoms with Crippen LogP contribution in [0.5, 0.6) is 0 Å². The van der Waals surface area contributed by atoms with Gasteiger partial charge in [0.05, 0.1) is 11.1 Å². The molecule has 0 unspecified atom stereocenters. The van der Waals surface area contributed by atoms with Gasteiger partial charge in [-0.15, -0.1) is 12.4 Å². The van der Waals surface area contributed by atoms with E-state index in [1.165, 1.54) is 6.92 Å². The lowest BCUT2D eigenvalue weighted by atomic mass is 10.0. The Morgan fingerprint density at radius 1 is 1.09 bits per heavy atom. The number of rotatable bonds is 3. The minimum Gasteiger partial charge on any atom is -0.348 e. The molecule has 0 spiro atoms. The lowest BCUT2D eigenvalue weighted by Gasteiger charge is -2.15. The van der Waals surface area contributed by atoms with E-state index in [0.717, 1.165) is 0 Å². The first-order valence-electron chi connectivity index (χ1n) is 5.75. The zero-order valence-corrected chi connectivity index (χ0v) is 12.0. The predicted molar refractivity (Wildman–Crippen MR) is 69.7 cm³/mol. The van der Waals surface area contributed by atoms with Crippen molar-refractivity contribution in [2.75, 3.05) is 6.54 Å². The van der Waals surface area contributed by atoms with Crippen LogP contribution in [0.25, 0.3) is 0 Å². The van der Waals surface area contributed by atoms with Gasteiger partial charge < -0.3 is 11.1 Å². The molecule has 1 aromatic carbocycles. The maximum atomic E-state index is 12.6. The number of halogens is 7. The van der Waals surface area contributed by atoms with Crippen molar-refractivity contribution < 1.29 is 31.1 Å². The summed E-state index contributed by atoms with van der Waals surface area (Å²) >= 11 is 0. The zero-order valence-electron chi connectivity index (χ0n) is 11.2. The summed E-state index contributed by atoms with van der Waals surface area (Å²) in [6, 6.07) is 0.117. The Hall–Kier alpha value is -1.48. The monoisotopic (exact) mass is 350 g/mol. The van der Waals surface area contributed by atoms with Gasteiger partial charge in [0.1, 0.15) is 0 Å². The number of carbonyl (C=O) groups is 1. The lowest BCUT2D eigenvalue weighted by molar-refractivity contribution is -0.143. The van der Waals surface area contributed by atoms with Crippen LogP contribution in [0, 0.1) is 0 Å². The van der Waals surface area contributed by atoms with Gasteiger partial charge in [-0.25, -0.2) is 0 Å². The first-order valence-corrected chi connectivity index (χ1v) is 5.75. The fourth-order valence-electron chi connectivity index (χ4n) is 1.45. The van der Waals surface area contributed by atoms with E-state index >= 15 is 0 Å². The summed E-state index contributed by atoms with van der Waals surface area (Å²) in [5.74, 6) is -1.05. The molecule has 22 heavy (non-hydrogen) atoms. The second-order valence-corrected chi connectivity index (χ2v) is 4.40. The number of nitrogens with two attached hydrogens (primary N) is 1. The van der Waals surface area contributed by atoms with E-state index in [0.29, 0.717) is 12.1 Å². The maximum Gasteiger partial charge on any atom is 0.416 e. The second kappa shape index (κ2) is 7.19. The van der Waals surface area contributed by atoms with Crippen LogP contribution in [0.4, 0.5) is 26.3 Å². The van der Waals surface area contributed by atoms with Gasteiger partial charge in [-0.2, -0.15) is 26.3 Å². The number of carbonyl (C=O) groups excluding carboxylic acids is 1. The molecule has 10 heteroatoms. The van der Waals surface area contributed by atoms with Crippen molar-refractivity contribution in [3.8, 4) is 0 Å². The molecule has 1 amide bonds. The Labute approximate surface area is 128 Å². The molecule has 3 N–H and O–H groups in total. The molecule has 126 valence electrons. The van der Waals surface area contributed by atoms with Gasteiger partial charge in [-0.1, -0.05) is 0 Å². The SMILES string of the molecule is C[C@@H](CN)NC(=O)c1cc(C(F)(F)F)cc(C(F)(F)F)c1.Cl. The quantitative estimate of drug-likeness (QED) is 0.822. The number of amides is 1. The average molecular weight is 351 g/mol. The van der Waals surface area contributed by atoms with Crippen molar-refractivity contribution in [3.63, 3.8) is 0 Å². The number of alkyl halides is 6. The fourth-order valence-corrected chi connectivity index (χ4v) is 1.45. The minimum atomic E-state index is -4.99. The Kier molecular flexibility index (Phi) is 6.70. The fraction of sp³-hybridized carbons (Fsp3) is 0.417. The predicted octanol–water partition coefficient (Wildman–Crippen LogP) is 3.22. The largest absolute Gasteiger partial charge is 0.416 e. The highest BCUT2D eigenvalue weighted by atomic mass is 35.5. The normalized spacial score (nSPS) is 13.3. The molecule has 0 saturated heterocycles. The van der Waals surface area contributed by atoms with Crippen molar-refractivity contribution >= 4 is 18.3 Å². The first-order chi connectivity index (χ1) is 9.45. The van der Waals surface area contributed by atoms with Crippen molar-refractivity contribution in [1.82, 2.24) is 5.32 Å². The molecule has 1 atom stereocenters. The molecular weight excluding hydrogens is 338 g/mol. The topological polar surface area (TPSA) is 55.1 Å². The second-order valence-electron chi connectivity index (χ2n) is 4.40.